The van der Waals surface area contributed by atoms with E-state index in [1.54, 1.807) is 0 Å². The molecule has 88 valence electrons. The Morgan fingerprint density at radius 3 is 1.94 bits per heavy atom. The highest BCUT2D eigenvalue weighted by Crippen LogP contribution is 2.62. The van der Waals surface area contributed by atoms with E-state index < -0.39 is 0 Å². The van der Waals surface area contributed by atoms with Crippen LogP contribution in [0.4, 0.5) is 0 Å². The molecular formula is C15H21Br. The molecule has 0 radical (unpaired) electrons. The first-order chi connectivity index (χ1) is 7.14. The van der Waals surface area contributed by atoms with Gasteiger partial charge in [0.2, 0.25) is 0 Å². The number of hydrogen-bond donors (Lipinski definition) is 0. The number of benzene rings is 1. The predicted molar refractivity (Wildman–Crippen MR) is 74.0 cm³/mol. The van der Waals surface area contributed by atoms with Crippen LogP contribution in [-0.2, 0) is 10.8 Å². The van der Waals surface area contributed by atoms with Crippen molar-refractivity contribution in [2.24, 2.45) is 5.41 Å². The van der Waals surface area contributed by atoms with Crippen LogP contribution in [0.2, 0.25) is 0 Å². The summed E-state index contributed by atoms with van der Waals surface area (Å²) in [5, 5.41) is 0. The van der Waals surface area contributed by atoms with Gasteiger partial charge >= 0.3 is 0 Å². The molecule has 1 heteroatoms. The van der Waals surface area contributed by atoms with Gasteiger partial charge in [-0.1, -0.05) is 69.6 Å². The normalized spacial score (nSPS) is 24.2. The largest absolute Gasteiger partial charge is 0.0608 e. The van der Waals surface area contributed by atoms with Crippen LogP contribution in [0.15, 0.2) is 22.7 Å². The van der Waals surface area contributed by atoms with Gasteiger partial charge in [0.05, 0.1) is 0 Å². The zero-order chi connectivity index (χ0) is 12.4. The Morgan fingerprint density at radius 2 is 1.44 bits per heavy atom. The average molecular weight is 281 g/mol. The van der Waals surface area contributed by atoms with E-state index in [0.717, 1.165) is 0 Å². The SMILES string of the molecule is CC1(C)c2cccc(Br)c2C(C)(C)C1(C)C. The first-order valence-corrected chi connectivity index (χ1v) is 6.73. The standard InChI is InChI=1S/C15H21Br/c1-13(2)10-8-7-9-11(16)12(10)14(3,4)15(13,5)6/h7-9H,1-6H3. The number of hydrogen-bond acceptors (Lipinski definition) is 0. The van der Waals surface area contributed by atoms with Crippen molar-refractivity contribution in [1.29, 1.82) is 0 Å². The van der Waals surface area contributed by atoms with Gasteiger partial charge in [-0.2, -0.15) is 0 Å². The minimum Gasteiger partial charge on any atom is -0.0608 e. The van der Waals surface area contributed by atoms with E-state index in [1.807, 2.05) is 0 Å². The van der Waals surface area contributed by atoms with Crippen LogP contribution in [0.3, 0.4) is 0 Å². The molecule has 0 amide bonds. The lowest BCUT2D eigenvalue weighted by molar-refractivity contribution is 0.124. The van der Waals surface area contributed by atoms with Crippen LogP contribution in [0.1, 0.15) is 52.7 Å². The van der Waals surface area contributed by atoms with Gasteiger partial charge in [-0.05, 0) is 33.4 Å². The molecule has 1 aromatic rings. The van der Waals surface area contributed by atoms with E-state index in [0.29, 0.717) is 0 Å². The van der Waals surface area contributed by atoms with Gasteiger partial charge in [0, 0.05) is 4.47 Å². The van der Waals surface area contributed by atoms with Gasteiger partial charge in [0.15, 0.2) is 0 Å². The van der Waals surface area contributed by atoms with Crippen LogP contribution in [0, 0.1) is 5.41 Å². The topological polar surface area (TPSA) is 0 Å². The highest BCUT2D eigenvalue weighted by molar-refractivity contribution is 9.10. The third-order valence-corrected chi connectivity index (χ3v) is 6.10. The first kappa shape index (κ1) is 12.2. The van der Waals surface area contributed by atoms with Crippen LogP contribution in [-0.4, -0.2) is 0 Å². The molecule has 0 saturated heterocycles. The second-order valence-corrected chi connectivity index (χ2v) is 7.39. The maximum absolute atomic E-state index is 3.73. The molecule has 0 unspecified atom stereocenters. The second-order valence-electron chi connectivity index (χ2n) is 6.54. The van der Waals surface area contributed by atoms with Crippen molar-refractivity contribution in [2.75, 3.05) is 0 Å². The smallest absolute Gasteiger partial charge is 0.0215 e. The van der Waals surface area contributed by atoms with Crippen molar-refractivity contribution >= 4 is 15.9 Å². The maximum Gasteiger partial charge on any atom is 0.0215 e. The van der Waals surface area contributed by atoms with E-state index in [4.69, 9.17) is 0 Å². The van der Waals surface area contributed by atoms with Gasteiger partial charge in [0.1, 0.15) is 0 Å². The summed E-state index contributed by atoms with van der Waals surface area (Å²) < 4.78 is 1.26. The molecule has 0 aliphatic heterocycles. The van der Waals surface area contributed by atoms with E-state index in [-0.39, 0.29) is 16.2 Å². The molecule has 0 N–H and O–H groups in total. The Hall–Kier alpha value is -0.300. The first-order valence-electron chi connectivity index (χ1n) is 5.93. The lowest BCUT2D eigenvalue weighted by Gasteiger charge is -2.44. The summed E-state index contributed by atoms with van der Waals surface area (Å²) in [6.45, 7) is 14.2. The monoisotopic (exact) mass is 280 g/mol. The molecule has 1 aliphatic carbocycles. The highest BCUT2D eigenvalue weighted by Gasteiger charge is 2.57. The zero-order valence-corrected chi connectivity index (χ0v) is 12.7. The summed E-state index contributed by atoms with van der Waals surface area (Å²) in [7, 11) is 0. The Labute approximate surface area is 108 Å². The summed E-state index contributed by atoms with van der Waals surface area (Å²) in [5.41, 5.74) is 3.66. The summed E-state index contributed by atoms with van der Waals surface area (Å²) in [6, 6.07) is 6.61. The fraction of sp³-hybridized carbons (Fsp3) is 0.600. The quantitative estimate of drug-likeness (QED) is 0.624. The van der Waals surface area contributed by atoms with Crippen molar-refractivity contribution in [3.63, 3.8) is 0 Å². The van der Waals surface area contributed by atoms with Crippen LogP contribution >= 0.6 is 15.9 Å². The molecule has 2 rings (SSSR count). The van der Waals surface area contributed by atoms with E-state index >= 15 is 0 Å². The molecule has 0 heterocycles. The van der Waals surface area contributed by atoms with Gasteiger partial charge in [-0.15, -0.1) is 0 Å². The summed E-state index contributed by atoms with van der Waals surface area (Å²) in [5.74, 6) is 0. The predicted octanol–water partition coefficient (Wildman–Crippen LogP) is 5.04. The van der Waals surface area contributed by atoms with E-state index in [2.05, 4.69) is 75.7 Å². The molecule has 0 nitrogen and oxygen atoms in total. The molecule has 0 spiro atoms. The average Bonchev–Trinajstić information content (AvgIpc) is 2.25. The van der Waals surface area contributed by atoms with Gasteiger partial charge in [0.25, 0.3) is 0 Å². The molecule has 1 aliphatic rings. The Balaban J connectivity index is 2.84. The van der Waals surface area contributed by atoms with Crippen LogP contribution in [0.25, 0.3) is 0 Å². The lowest BCUT2D eigenvalue weighted by atomic mass is 9.59. The third kappa shape index (κ3) is 1.16. The molecule has 0 bridgehead atoms. The molecule has 1 aromatic carbocycles. The van der Waals surface area contributed by atoms with E-state index in [1.165, 1.54) is 15.6 Å². The number of rotatable bonds is 0. The molecule has 0 fully saturated rings. The second kappa shape index (κ2) is 3.13. The highest BCUT2D eigenvalue weighted by atomic mass is 79.9. The summed E-state index contributed by atoms with van der Waals surface area (Å²) >= 11 is 3.73. The fourth-order valence-electron chi connectivity index (χ4n) is 3.11. The molecule has 0 saturated carbocycles. The molecular weight excluding hydrogens is 260 g/mol. The van der Waals surface area contributed by atoms with Crippen molar-refractivity contribution in [2.45, 2.75) is 52.4 Å². The zero-order valence-electron chi connectivity index (χ0n) is 11.1. The summed E-state index contributed by atoms with van der Waals surface area (Å²) in [6.07, 6.45) is 0. The van der Waals surface area contributed by atoms with Gasteiger partial charge in [-0.3, -0.25) is 0 Å². The van der Waals surface area contributed by atoms with E-state index in [9.17, 15) is 0 Å². The fourth-order valence-corrected chi connectivity index (χ4v) is 3.97. The minimum atomic E-state index is 0.200. The van der Waals surface area contributed by atoms with Crippen LogP contribution in [0.5, 0.6) is 0 Å². The molecule has 0 aromatic heterocycles. The van der Waals surface area contributed by atoms with Crippen molar-refractivity contribution in [3.8, 4) is 0 Å². The lowest BCUT2D eigenvalue weighted by Crippen LogP contribution is -2.42. The maximum atomic E-state index is 3.73. The Morgan fingerprint density at radius 1 is 0.875 bits per heavy atom. The van der Waals surface area contributed by atoms with Crippen LogP contribution < -0.4 is 0 Å². The number of halogens is 1. The Bertz CT molecular complexity index is 439. The Kier molecular flexibility index (Phi) is 2.38. The van der Waals surface area contributed by atoms with Gasteiger partial charge < -0.3 is 0 Å². The minimum absolute atomic E-state index is 0.200. The third-order valence-electron chi connectivity index (χ3n) is 5.44. The van der Waals surface area contributed by atoms with Crippen molar-refractivity contribution in [3.05, 3.63) is 33.8 Å². The molecule has 16 heavy (non-hydrogen) atoms. The van der Waals surface area contributed by atoms with Gasteiger partial charge in [-0.25, -0.2) is 0 Å². The molecule has 0 atom stereocenters. The van der Waals surface area contributed by atoms with Crippen molar-refractivity contribution in [1.82, 2.24) is 0 Å². The summed E-state index contributed by atoms with van der Waals surface area (Å²) in [4.78, 5) is 0. The number of fused-ring (bicyclic) bond motifs is 1. The van der Waals surface area contributed by atoms with Crippen molar-refractivity contribution < 1.29 is 0 Å².